The number of amides is 3. The smallest absolute Gasteiger partial charge is 0.376 e. The zero-order chi connectivity index (χ0) is 24.7. The van der Waals surface area contributed by atoms with Crippen molar-refractivity contribution in [3.05, 3.63) is 83.9 Å². The first-order valence-electron chi connectivity index (χ1n) is 10.1. The first kappa shape index (κ1) is 24.3. The zero-order valence-electron chi connectivity index (χ0n) is 18.0. The van der Waals surface area contributed by atoms with E-state index in [4.69, 9.17) is 0 Å². The highest BCUT2D eigenvalue weighted by atomic mass is 19.4. The number of carbonyl (C=O) groups is 3. The van der Waals surface area contributed by atoms with E-state index in [1.807, 2.05) is 0 Å². The van der Waals surface area contributed by atoms with Gasteiger partial charge in [-0.3, -0.25) is 14.4 Å². The van der Waals surface area contributed by atoms with Crippen LogP contribution in [0.2, 0.25) is 0 Å². The summed E-state index contributed by atoms with van der Waals surface area (Å²) in [7, 11) is 0. The van der Waals surface area contributed by atoms with Crippen molar-refractivity contribution in [2.75, 3.05) is 27.8 Å². The van der Waals surface area contributed by atoms with Gasteiger partial charge in [0.1, 0.15) is 0 Å². The van der Waals surface area contributed by atoms with Gasteiger partial charge in [0.25, 0.3) is 5.91 Å². The summed E-state index contributed by atoms with van der Waals surface area (Å²) in [5.74, 6) is -1.18. The molecule has 0 heterocycles. The molecule has 0 bridgehead atoms. The van der Waals surface area contributed by atoms with Crippen molar-refractivity contribution >= 4 is 40.5 Å². The fraction of sp³-hybridized carbons (Fsp3) is 0.125. The summed E-state index contributed by atoms with van der Waals surface area (Å²) in [4.78, 5) is 35.8. The predicted octanol–water partition coefficient (Wildman–Crippen LogP) is 4.97. The van der Waals surface area contributed by atoms with Gasteiger partial charge < -0.3 is 21.3 Å². The van der Waals surface area contributed by atoms with Crippen LogP contribution in [0, 0.1) is 0 Å². The molecule has 0 radical (unpaired) electrons. The summed E-state index contributed by atoms with van der Waals surface area (Å²) in [6.07, 6.45) is -4.52. The molecule has 7 nitrogen and oxygen atoms in total. The molecule has 3 rings (SSSR count). The van der Waals surface area contributed by atoms with Crippen molar-refractivity contribution in [2.24, 2.45) is 0 Å². The van der Waals surface area contributed by atoms with E-state index in [1.54, 1.807) is 36.4 Å². The Balaban J connectivity index is 1.57. The number of nitrogens with one attached hydrogen (secondary N) is 4. The van der Waals surface area contributed by atoms with E-state index >= 15 is 0 Å². The van der Waals surface area contributed by atoms with Crippen molar-refractivity contribution in [1.29, 1.82) is 0 Å². The van der Waals surface area contributed by atoms with Gasteiger partial charge in [0.2, 0.25) is 11.8 Å². The fourth-order valence-electron chi connectivity index (χ4n) is 2.98. The van der Waals surface area contributed by atoms with E-state index in [2.05, 4.69) is 21.3 Å². The Bertz CT molecular complexity index is 1190. The molecule has 0 aliphatic heterocycles. The van der Waals surface area contributed by atoms with Crippen molar-refractivity contribution in [1.82, 2.24) is 0 Å². The summed E-state index contributed by atoms with van der Waals surface area (Å²) in [6.45, 7) is 1.35. The lowest BCUT2D eigenvalue weighted by atomic mass is 10.1. The SMILES string of the molecule is CC(=O)Nc1ccc(NCC(=O)Nc2cccc(C(=O)Nc3cccc(C(F)(F)F)c3)c2)cc1. The van der Waals surface area contributed by atoms with Gasteiger partial charge in [0.05, 0.1) is 12.1 Å². The molecule has 10 heteroatoms. The van der Waals surface area contributed by atoms with Gasteiger partial charge in [-0.1, -0.05) is 12.1 Å². The largest absolute Gasteiger partial charge is 0.416 e. The molecule has 3 aromatic rings. The molecule has 0 aliphatic rings. The maximum Gasteiger partial charge on any atom is 0.416 e. The molecule has 176 valence electrons. The molecule has 0 aliphatic carbocycles. The number of hydrogen-bond donors (Lipinski definition) is 4. The Hall–Kier alpha value is -4.34. The van der Waals surface area contributed by atoms with Crippen LogP contribution >= 0.6 is 0 Å². The topological polar surface area (TPSA) is 99.3 Å². The van der Waals surface area contributed by atoms with Gasteiger partial charge in [-0.05, 0) is 60.7 Å². The summed E-state index contributed by atoms with van der Waals surface area (Å²) in [6, 6.07) is 17.1. The number of halogens is 3. The highest BCUT2D eigenvalue weighted by Gasteiger charge is 2.30. The second kappa shape index (κ2) is 10.5. The van der Waals surface area contributed by atoms with Crippen LogP contribution in [-0.2, 0) is 15.8 Å². The molecule has 0 saturated heterocycles. The van der Waals surface area contributed by atoms with Crippen LogP contribution in [0.15, 0.2) is 72.8 Å². The normalized spacial score (nSPS) is 10.8. The Morgan fingerprint density at radius 1 is 0.735 bits per heavy atom. The van der Waals surface area contributed by atoms with Crippen LogP contribution in [0.4, 0.5) is 35.9 Å². The Morgan fingerprint density at radius 3 is 2.00 bits per heavy atom. The molecule has 0 aromatic heterocycles. The minimum atomic E-state index is -4.52. The molecule has 4 N–H and O–H groups in total. The summed E-state index contributed by atoms with van der Waals surface area (Å²) >= 11 is 0. The molecule has 0 atom stereocenters. The third-order valence-electron chi connectivity index (χ3n) is 4.51. The molecule has 0 spiro atoms. The van der Waals surface area contributed by atoms with Crippen molar-refractivity contribution in [3.8, 4) is 0 Å². The lowest BCUT2D eigenvalue weighted by Gasteiger charge is -2.11. The lowest BCUT2D eigenvalue weighted by molar-refractivity contribution is -0.137. The van der Waals surface area contributed by atoms with E-state index in [0.717, 1.165) is 12.1 Å². The summed E-state index contributed by atoms with van der Waals surface area (Å²) in [5.41, 5.74) is 0.939. The quantitative estimate of drug-likeness (QED) is 0.392. The maximum absolute atomic E-state index is 12.9. The van der Waals surface area contributed by atoms with Crippen LogP contribution in [0.3, 0.4) is 0 Å². The fourth-order valence-corrected chi connectivity index (χ4v) is 2.98. The second-order valence-electron chi connectivity index (χ2n) is 7.27. The molecule has 0 fully saturated rings. The number of rotatable bonds is 7. The van der Waals surface area contributed by atoms with Crippen LogP contribution in [0.25, 0.3) is 0 Å². The molecule has 0 saturated carbocycles. The first-order valence-corrected chi connectivity index (χ1v) is 10.1. The van der Waals surface area contributed by atoms with E-state index in [0.29, 0.717) is 17.1 Å². The monoisotopic (exact) mass is 470 g/mol. The van der Waals surface area contributed by atoms with E-state index < -0.39 is 17.6 Å². The van der Waals surface area contributed by atoms with Gasteiger partial charge >= 0.3 is 6.18 Å². The van der Waals surface area contributed by atoms with Gasteiger partial charge in [-0.25, -0.2) is 0 Å². The number of anilines is 4. The average Bonchev–Trinajstić information content (AvgIpc) is 2.78. The molecule has 3 amide bonds. The van der Waals surface area contributed by atoms with Gasteiger partial charge in [0.15, 0.2) is 0 Å². The van der Waals surface area contributed by atoms with Crippen LogP contribution in [0.5, 0.6) is 0 Å². The number of carbonyl (C=O) groups excluding carboxylic acids is 3. The Labute approximate surface area is 193 Å². The van der Waals surface area contributed by atoms with E-state index in [1.165, 1.54) is 31.2 Å². The lowest BCUT2D eigenvalue weighted by Crippen LogP contribution is -2.22. The van der Waals surface area contributed by atoms with Crippen molar-refractivity contribution < 1.29 is 27.6 Å². The Morgan fingerprint density at radius 2 is 1.35 bits per heavy atom. The predicted molar refractivity (Wildman–Crippen MR) is 124 cm³/mol. The van der Waals surface area contributed by atoms with Gasteiger partial charge in [-0.15, -0.1) is 0 Å². The number of alkyl halides is 3. The van der Waals surface area contributed by atoms with Crippen molar-refractivity contribution in [3.63, 3.8) is 0 Å². The van der Waals surface area contributed by atoms with E-state index in [9.17, 15) is 27.6 Å². The third kappa shape index (κ3) is 7.09. The van der Waals surface area contributed by atoms with Crippen LogP contribution in [-0.4, -0.2) is 24.3 Å². The third-order valence-corrected chi connectivity index (χ3v) is 4.51. The van der Waals surface area contributed by atoms with E-state index in [-0.39, 0.29) is 29.6 Å². The summed E-state index contributed by atoms with van der Waals surface area (Å²) in [5, 5.41) is 10.7. The van der Waals surface area contributed by atoms with Crippen LogP contribution < -0.4 is 21.3 Å². The van der Waals surface area contributed by atoms with Gasteiger partial charge in [0, 0.05) is 35.2 Å². The number of hydrogen-bond acceptors (Lipinski definition) is 4. The average molecular weight is 470 g/mol. The standard InChI is InChI=1S/C24H21F3N4O3/c1-15(32)29-19-10-8-18(9-11-19)28-14-22(33)30-20-6-2-4-16(12-20)23(34)31-21-7-3-5-17(13-21)24(25,26)27/h2-13,28H,14H2,1H3,(H,29,32)(H,30,33)(H,31,34). The first-order chi connectivity index (χ1) is 16.1. The zero-order valence-corrected chi connectivity index (χ0v) is 18.0. The molecular formula is C24H21F3N4O3. The minimum absolute atomic E-state index is 0.00276. The molecule has 0 unspecified atom stereocenters. The molecule has 3 aromatic carbocycles. The minimum Gasteiger partial charge on any atom is -0.376 e. The maximum atomic E-state index is 12.9. The molecular weight excluding hydrogens is 449 g/mol. The highest BCUT2D eigenvalue weighted by molar-refractivity contribution is 6.05. The second-order valence-corrected chi connectivity index (χ2v) is 7.27. The van der Waals surface area contributed by atoms with Gasteiger partial charge in [-0.2, -0.15) is 13.2 Å². The van der Waals surface area contributed by atoms with Crippen LogP contribution in [0.1, 0.15) is 22.8 Å². The summed E-state index contributed by atoms with van der Waals surface area (Å²) < 4.78 is 38.6. The van der Waals surface area contributed by atoms with Crippen molar-refractivity contribution in [2.45, 2.75) is 13.1 Å². The Kier molecular flexibility index (Phi) is 7.52. The molecule has 34 heavy (non-hydrogen) atoms. The highest BCUT2D eigenvalue weighted by Crippen LogP contribution is 2.30. The number of benzene rings is 3.